The molecule has 1 aliphatic carbocycles. The molecule has 0 radical (unpaired) electrons. The summed E-state index contributed by atoms with van der Waals surface area (Å²) in [7, 11) is 0. The molecule has 1 amide bonds. The van der Waals surface area contributed by atoms with E-state index < -0.39 is 0 Å². The van der Waals surface area contributed by atoms with Gasteiger partial charge < -0.3 is 9.42 Å². The maximum absolute atomic E-state index is 13.3. The quantitative estimate of drug-likeness (QED) is 0.855. The first-order valence-corrected chi connectivity index (χ1v) is 8.66. The van der Waals surface area contributed by atoms with Gasteiger partial charge in [-0.2, -0.15) is 0 Å². The zero-order valence-electron chi connectivity index (χ0n) is 14.9. The summed E-state index contributed by atoms with van der Waals surface area (Å²) >= 11 is 0. The predicted molar refractivity (Wildman–Crippen MR) is 91.8 cm³/mol. The van der Waals surface area contributed by atoms with Crippen LogP contribution in [0.4, 0.5) is 0 Å². The molecule has 2 heterocycles. The molecule has 0 aromatic carbocycles. The van der Waals surface area contributed by atoms with Crippen LogP contribution in [0.15, 0.2) is 22.9 Å². The van der Waals surface area contributed by atoms with Gasteiger partial charge in [0.2, 0.25) is 0 Å². The van der Waals surface area contributed by atoms with Crippen LogP contribution in [0.3, 0.4) is 0 Å². The van der Waals surface area contributed by atoms with Gasteiger partial charge in [0, 0.05) is 12.7 Å². The molecule has 24 heavy (non-hydrogen) atoms. The van der Waals surface area contributed by atoms with E-state index in [9.17, 15) is 4.79 Å². The standard InChI is InChI=1S/C19H25N3O2/c1-12(2)11-22(19(23)17-13(3)21-24-14(17)4)16-9-5-7-15-8-6-10-20-18(15)16/h6,8,10,12,16H,5,7,9,11H2,1-4H3/t16-/m1/s1. The highest BCUT2D eigenvalue weighted by Gasteiger charge is 2.33. The fourth-order valence-corrected chi connectivity index (χ4v) is 3.57. The lowest BCUT2D eigenvalue weighted by Gasteiger charge is -2.36. The molecule has 128 valence electrons. The summed E-state index contributed by atoms with van der Waals surface area (Å²) in [6.07, 6.45) is 4.89. The summed E-state index contributed by atoms with van der Waals surface area (Å²) in [5.74, 6) is 0.968. The van der Waals surface area contributed by atoms with Gasteiger partial charge in [0.15, 0.2) is 0 Å². The molecule has 0 spiro atoms. The molecular weight excluding hydrogens is 302 g/mol. The number of pyridine rings is 1. The van der Waals surface area contributed by atoms with Gasteiger partial charge >= 0.3 is 0 Å². The number of amides is 1. The minimum absolute atomic E-state index is 0.00320. The lowest BCUT2D eigenvalue weighted by Crippen LogP contribution is -2.40. The third-order valence-electron chi connectivity index (χ3n) is 4.61. The van der Waals surface area contributed by atoms with Crippen molar-refractivity contribution in [2.24, 2.45) is 5.92 Å². The van der Waals surface area contributed by atoms with Crippen LogP contribution in [0, 0.1) is 19.8 Å². The van der Waals surface area contributed by atoms with Crippen molar-refractivity contribution in [2.75, 3.05) is 6.54 Å². The number of rotatable bonds is 4. The fourth-order valence-electron chi connectivity index (χ4n) is 3.57. The first-order valence-electron chi connectivity index (χ1n) is 8.66. The van der Waals surface area contributed by atoms with E-state index in [0.29, 0.717) is 29.5 Å². The Morgan fingerprint density at radius 3 is 2.88 bits per heavy atom. The molecule has 0 aliphatic heterocycles. The van der Waals surface area contributed by atoms with Crippen molar-refractivity contribution in [1.82, 2.24) is 15.0 Å². The third kappa shape index (κ3) is 3.07. The van der Waals surface area contributed by atoms with Gasteiger partial charge in [0.25, 0.3) is 5.91 Å². The molecule has 0 saturated heterocycles. The molecule has 2 aromatic heterocycles. The van der Waals surface area contributed by atoms with Crippen molar-refractivity contribution in [3.63, 3.8) is 0 Å². The van der Waals surface area contributed by atoms with Crippen molar-refractivity contribution in [1.29, 1.82) is 0 Å². The van der Waals surface area contributed by atoms with Crippen molar-refractivity contribution >= 4 is 5.91 Å². The summed E-state index contributed by atoms with van der Waals surface area (Å²) in [6, 6.07) is 4.13. The van der Waals surface area contributed by atoms with Crippen LogP contribution in [-0.2, 0) is 6.42 Å². The van der Waals surface area contributed by atoms with Crippen LogP contribution in [0.1, 0.15) is 65.8 Å². The number of hydrogen-bond acceptors (Lipinski definition) is 4. The summed E-state index contributed by atoms with van der Waals surface area (Å²) < 4.78 is 5.22. The van der Waals surface area contributed by atoms with E-state index in [4.69, 9.17) is 4.52 Å². The Morgan fingerprint density at radius 2 is 2.21 bits per heavy atom. The summed E-state index contributed by atoms with van der Waals surface area (Å²) in [6.45, 7) is 8.59. The average Bonchev–Trinajstić information content (AvgIpc) is 2.90. The van der Waals surface area contributed by atoms with E-state index in [0.717, 1.165) is 25.0 Å². The highest BCUT2D eigenvalue weighted by molar-refractivity contribution is 5.96. The van der Waals surface area contributed by atoms with Crippen LogP contribution in [-0.4, -0.2) is 27.5 Å². The highest BCUT2D eigenvalue weighted by Crippen LogP contribution is 2.34. The van der Waals surface area contributed by atoms with Crippen LogP contribution < -0.4 is 0 Å². The normalized spacial score (nSPS) is 17.0. The highest BCUT2D eigenvalue weighted by atomic mass is 16.5. The van der Waals surface area contributed by atoms with E-state index in [1.54, 1.807) is 6.92 Å². The molecule has 0 unspecified atom stereocenters. The summed E-state index contributed by atoms with van der Waals surface area (Å²) in [5.41, 5.74) is 3.56. The number of aromatic nitrogens is 2. The zero-order chi connectivity index (χ0) is 17.3. The van der Waals surface area contributed by atoms with E-state index in [1.165, 1.54) is 5.56 Å². The largest absolute Gasteiger partial charge is 0.361 e. The maximum atomic E-state index is 13.3. The van der Waals surface area contributed by atoms with Gasteiger partial charge in [0.1, 0.15) is 11.3 Å². The lowest BCUT2D eigenvalue weighted by atomic mass is 9.90. The summed E-state index contributed by atoms with van der Waals surface area (Å²) in [4.78, 5) is 19.9. The minimum atomic E-state index is 0.00320. The van der Waals surface area contributed by atoms with Crippen LogP contribution >= 0.6 is 0 Å². The van der Waals surface area contributed by atoms with Crippen LogP contribution in [0.5, 0.6) is 0 Å². The Hall–Kier alpha value is -2.17. The molecule has 0 fully saturated rings. The molecular formula is C19H25N3O2. The second kappa shape index (κ2) is 6.75. The SMILES string of the molecule is Cc1noc(C)c1C(=O)N(CC(C)C)[C@@H]1CCCc2cccnc21. The van der Waals surface area contributed by atoms with E-state index >= 15 is 0 Å². The molecule has 2 aromatic rings. The van der Waals surface area contributed by atoms with Gasteiger partial charge in [-0.1, -0.05) is 25.1 Å². The first kappa shape index (κ1) is 16.7. The fraction of sp³-hybridized carbons (Fsp3) is 0.526. The Kier molecular flexibility index (Phi) is 4.69. The van der Waals surface area contributed by atoms with Crippen LogP contribution in [0.2, 0.25) is 0 Å². The second-order valence-electron chi connectivity index (χ2n) is 7.01. The zero-order valence-corrected chi connectivity index (χ0v) is 14.9. The predicted octanol–water partition coefficient (Wildman–Crippen LogP) is 3.86. The Labute approximate surface area is 143 Å². The molecule has 3 rings (SSSR count). The number of hydrogen-bond donors (Lipinski definition) is 0. The Bertz CT molecular complexity index is 716. The second-order valence-corrected chi connectivity index (χ2v) is 7.01. The molecule has 0 saturated carbocycles. The number of fused-ring (bicyclic) bond motifs is 1. The van der Waals surface area contributed by atoms with Gasteiger partial charge in [-0.15, -0.1) is 0 Å². The van der Waals surface area contributed by atoms with Crippen molar-refractivity contribution in [3.8, 4) is 0 Å². The van der Waals surface area contributed by atoms with E-state index in [-0.39, 0.29) is 11.9 Å². The molecule has 0 bridgehead atoms. The number of nitrogens with zero attached hydrogens (tertiary/aromatic N) is 3. The molecule has 1 aliphatic rings. The van der Waals surface area contributed by atoms with Crippen LogP contribution in [0.25, 0.3) is 0 Å². The maximum Gasteiger partial charge on any atom is 0.259 e. The number of carbonyl (C=O) groups excluding carboxylic acids is 1. The summed E-state index contributed by atoms with van der Waals surface area (Å²) in [5, 5.41) is 3.95. The van der Waals surface area contributed by atoms with Crippen molar-refractivity contribution in [3.05, 3.63) is 46.6 Å². The lowest BCUT2D eigenvalue weighted by molar-refractivity contribution is 0.0621. The Morgan fingerprint density at radius 1 is 1.42 bits per heavy atom. The van der Waals surface area contributed by atoms with Gasteiger partial charge in [-0.05, 0) is 50.7 Å². The van der Waals surface area contributed by atoms with Gasteiger partial charge in [-0.3, -0.25) is 9.78 Å². The van der Waals surface area contributed by atoms with Crippen molar-refractivity contribution in [2.45, 2.75) is 53.0 Å². The van der Waals surface area contributed by atoms with Gasteiger partial charge in [0.05, 0.1) is 17.4 Å². The van der Waals surface area contributed by atoms with Gasteiger partial charge in [-0.25, -0.2) is 0 Å². The third-order valence-corrected chi connectivity index (χ3v) is 4.61. The van der Waals surface area contributed by atoms with E-state index in [1.807, 2.05) is 24.1 Å². The molecule has 1 atom stereocenters. The van der Waals surface area contributed by atoms with E-state index in [2.05, 4.69) is 30.1 Å². The average molecular weight is 327 g/mol. The number of carbonyl (C=O) groups is 1. The Balaban J connectivity index is 2.01. The smallest absolute Gasteiger partial charge is 0.259 e. The molecule has 5 heteroatoms. The number of aryl methyl sites for hydroxylation is 3. The molecule has 5 nitrogen and oxygen atoms in total. The monoisotopic (exact) mass is 327 g/mol. The van der Waals surface area contributed by atoms with Crippen molar-refractivity contribution < 1.29 is 9.32 Å². The first-order chi connectivity index (χ1) is 11.5. The topological polar surface area (TPSA) is 59.2 Å². The molecule has 0 N–H and O–H groups in total. The minimum Gasteiger partial charge on any atom is -0.361 e.